The molecule has 0 atom stereocenters. The summed E-state index contributed by atoms with van der Waals surface area (Å²) in [6.07, 6.45) is 6.81. The maximum Gasteiger partial charge on any atom is 0.333 e. The van der Waals surface area contributed by atoms with Crippen LogP contribution in [-0.2, 0) is 13.0 Å². The number of nitrogens with one attached hydrogen (secondary N) is 2. The lowest BCUT2D eigenvalue weighted by molar-refractivity contribution is 0.571. The average molecular weight is 432 g/mol. The second-order valence-corrected chi connectivity index (χ2v) is 8.05. The van der Waals surface area contributed by atoms with Crippen LogP contribution in [0, 0.1) is 0 Å². The van der Waals surface area contributed by atoms with Gasteiger partial charge >= 0.3 is 5.69 Å². The molecule has 164 valence electrons. The van der Waals surface area contributed by atoms with E-state index in [0.717, 1.165) is 49.3 Å². The van der Waals surface area contributed by atoms with Crippen LogP contribution in [-0.4, -0.2) is 35.6 Å². The van der Waals surface area contributed by atoms with Crippen molar-refractivity contribution in [2.75, 3.05) is 11.9 Å². The molecule has 1 fully saturated rings. The first kappa shape index (κ1) is 20.2. The maximum absolute atomic E-state index is 13.0. The molecular weight excluding hydrogens is 406 g/mol. The maximum atomic E-state index is 13.0. The van der Waals surface area contributed by atoms with Crippen LogP contribution in [0.25, 0.3) is 22.6 Å². The molecule has 4 aromatic rings. The Bertz CT molecular complexity index is 1350. The van der Waals surface area contributed by atoms with Crippen molar-refractivity contribution in [1.29, 1.82) is 0 Å². The summed E-state index contributed by atoms with van der Waals surface area (Å²) in [5.41, 5.74) is 2.00. The number of aromatic amines is 1. The highest BCUT2D eigenvalue weighted by Gasteiger charge is 2.29. The van der Waals surface area contributed by atoms with Gasteiger partial charge in [0.2, 0.25) is 0 Å². The summed E-state index contributed by atoms with van der Waals surface area (Å²) in [5.74, 6) is 1.28. The van der Waals surface area contributed by atoms with Gasteiger partial charge in [0.05, 0.1) is 0 Å². The Labute approximate surface area is 184 Å². The molecule has 0 radical (unpaired) electrons. The molecule has 1 saturated carbocycles. The van der Waals surface area contributed by atoms with Crippen molar-refractivity contribution in [1.82, 2.24) is 29.1 Å². The number of fused-ring (bicyclic) bond motifs is 1. The topological polar surface area (TPSA) is 110 Å². The predicted molar refractivity (Wildman–Crippen MR) is 123 cm³/mol. The van der Waals surface area contributed by atoms with E-state index in [9.17, 15) is 9.59 Å². The molecule has 9 nitrogen and oxygen atoms in total. The molecule has 0 bridgehead atoms. The lowest BCUT2D eigenvalue weighted by atomic mass is 10.2. The summed E-state index contributed by atoms with van der Waals surface area (Å²) in [6.45, 7) is 3.24. The fourth-order valence-corrected chi connectivity index (χ4v) is 3.86. The summed E-state index contributed by atoms with van der Waals surface area (Å²) in [5, 5.41) is 3.29. The van der Waals surface area contributed by atoms with E-state index in [1.54, 1.807) is 17.0 Å². The van der Waals surface area contributed by atoms with Crippen molar-refractivity contribution < 1.29 is 0 Å². The van der Waals surface area contributed by atoms with Crippen LogP contribution in [0.4, 0.5) is 5.82 Å². The number of H-pyrrole nitrogens is 1. The predicted octanol–water partition coefficient (Wildman–Crippen LogP) is 2.74. The molecule has 0 aromatic carbocycles. The number of aromatic nitrogens is 6. The van der Waals surface area contributed by atoms with Gasteiger partial charge in [-0.2, -0.15) is 0 Å². The lowest BCUT2D eigenvalue weighted by Gasteiger charge is -2.09. The Morgan fingerprint density at radius 2 is 2.03 bits per heavy atom. The van der Waals surface area contributed by atoms with E-state index in [1.807, 2.05) is 37.3 Å². The highest BCUT2D eigenvalue weighted by atomic mass is 16.2. The summed E-state index contributed by atoms with van der Waals surface area (Å²) in [4.78, 5) is 42.4. The highest BCUT2D eigenvalue weighted by molar-refractivity contribution is 5.75. The van der Waals surface area contributed by atoms with Crippen LogP contribution in [0.3, 0.4) is 0 Å². The minimum atomic E-state index is -0.292. The number of pyridine rings is 2. The van der Waals surface area contributed by atoms with Crippen molar-refractivity contribution in [3.05, 3.63) is 69.3 Å². The van der Waals surface area contributed by atoms with E-state index in [4.69, 9.17) is 0 Å². The van der Waals surface area contributed by atoms with E-state index in [-0.39, 0.29) is 17.3 Å². The average Bonchev–Trinajstić information content (AvgIpc) is 3.54. The quantitative estimate of drug-likeness (QED) is 0.444. The highest BCUT2D eigenvalue weighted by Crippen LogP contribution is 2.32. The minimum Gasteiger partial charge on any atom is -0.370 e. The van der Waals surface area contributed by atoms with Crippen LogP contribution in [0.2, 0.25) is 0 Å². The summed E-state index contributed by atoms with van der Waals surface area (Å²) < 4.78 is 2.99. The first-order valence-electron chi connectivity index (χ1n) is 11.0. The molecule has 32 heavy (non-hydrogen) atoms. The molecule has 1 aliphatic carbocycles. The van der Waals surface area contributed by atoms with Gasteiger partial charge < -0.3 is 10.3 Å². The number of nitrogens with zero attached hydrogens (tertiary/aromatic N) is 5. The molecule has 0 spiro atoms. The van der Waals surface area contributed by atoms with Gasteiger partial charge in [-0.15, -0.1) is 0 Å². The number of imidazole rings is 1. The van der Waals surface area contributed by atoms with Gasteiger partial charge in [-0.05, 0) is 43.5 Å². The van der Waals surface area contributed by atoms with Gasteiger partial charge in [-0.1, -0.05) is 13.0 Å². The largest absolute Gasteiger partial charge is 0.370 e. The smallest absolute Gasteiger partial charge is 0.333 e. The van der Waals surface area contributed by atoms with Gasteiger partial charge in [-0.25, -0.2) is 14.8 Å². The number of aryl methyl sites for hydroxylation is 1. The van der Waals surface area contributed by atoms with Gasteiger partial charge in [0.25, 0.3) is 5.56 Å². The van der Waals surface area contributed by atoms with Gasteiger partial charge in [0.15, 0.2) is 5.65 Å². The second kappa shape index (κ2) is 8.41. The molecular formula is C23H25N7O2. The third-order valence-corrected chi connectivity index (χ3v) is 5.62. The number of rotatable bonds is 8. The summed E-state index contributed by atoms with van der Waals surface area (Å²) in [6, 6.07) is 9.65. The first-order chi connectivity index (χ1) is 15.7. The molecule has 1 aliphatic rings. The summed E-state index contributed by atoms with van der Waals surface area (Å²) >= 11 is 0. The van der Waals surface area contributed by atoms with Gasteiger partial charge in [-0.3, -0.25) is 18.9 Å². The third kappa shape index (κ3) is 3.81. The Balaban J connectivity index is 1.41. The standard InChI is InChI=1S/C23H25N7O2/c1-2-13-29-21-19(22(31)30(23(29)32)17-7-8-17)27-20(28-21)15-6-9-18(26-14-15)25-12-10-16-5-3-4-11-24-16/h3-6,9,11,14,17H,2,7-8,10,12-13H2,1H3,(H,25,26)(H,27,28). The van der Waals surface area contributed by atoms with Gasteiger partial charge in [0, 0.05) is 49.2 Å². The fourth-order valence-electron chi connectivity index (χ4n) is 3.86. The molecule has 4 aromatic heterocycles. The number of hydrogen-bond donors (Lipinski definition) is 2. The van der Waals surface area contributed by atoms with E-state index in [2.05, 4.69) is 25.3 Å². The van der Waals surface area contributed by atoms with Crippen LogP contribution >= 0.6 is 0 Å². The zero-order valence-corrected chi connectivity index (χ0v) is 17.9. The van der Waals surface area contributed by atoms with Crippen molar-refractivity contribution in [2.45, 2.75) is 45.2 Å². The van der Waals surface area contributed by atoms with Gasteiger partial charge in [0.1, 0.15) is 17.2 Å². The van der Waals surface area contributed by atoms with Crippen LogP contribution in [0.15, 0.2) is 52.3 Å². The van der Waals surface area contributed by atoms with E-state index >= 15 is 0 Å². The fraction of sp³-hybridized carbons (Fsp3) is 0.348. The molecule has 5 rings (SSSR count). The number of anilines is 1. The molecule has 9 heteroatoms. The molecule has 0 unspecified atom stereocenters. The third-order valence-electron chi connectivity index (χ3n) is 5.62. The normalized spacial score (nSPS) is 13.5. The van der Waals surface area contributed by atoms with Crippen LogP contribution in [0.5, 0.6) is 0 Å². The van der Waals surface area contributed by atoms with Crippen molar-refractivity contribution >= 4 is 17.0 Å². The first-order valence-corrected chi connectivity index (χ1v) is 11.0. The summed E-state index contributed by atoms with van der Waals surface area (Å²) in [7, 11) is 0. The Kier molecular flexibility index (Phi) is 5.30. The van der Waals surface area contributed by atoms with E-state index < -0.39 is 0 Å². The monoisotopic (exact) mass is 431 g/mol. The molecule has 0 aliphatic heterocycles. The molecule has 0 saturated heterocycles. The molecule has 0 amide bonds. The van der Waals surface area contributed by atoms with Crippen LogP contribution in [0.1, 0.15) is 37.9 Å². The Morgan fingerprint density at radius 1 is 1.16 bits per heavy atom. The van der Waals surface area contributed by atoms with Crippen molar-refractivity contribution in [2.24, 2.45) is 0 Å². The SMILES string of the molecule is CCCn1c(=O)n(C2CC2)c(=O)c2[nH]c(-c3ccc(NCCc4ccccn4)nc3)nc21. The lowest BCUT2D eigenvalue weighted by Crippen LogP contribution is -2.39. The Morgan fingerprint density at radius 3 is 2.72 bits per heavy atom. The van der Waals surface area contributed by atoms with E-state index in [0.29, 0.717) is 23.5 Å². The minimum absolute atomic E-state index is 0.00682. The number of hydrogen-bond acceptors (Lipinski definition) is 6. The zero-order chi connectivity index (χ0) is 22.1. The molecule has 4 heterocycles. The van der Waals surface area contributed by atoms with Crippen molar-refractivity contribution in [3.8, 4) is 11.4 Å². The Hall–Kier alpha value is -3.75. The van der Waals surface area contributed by atoms with Crippen LogP contribution < -0.4 is 16.6 Å². The van der Waals surface area contributed by atoms with E-state index in [1.165, 1.54) is 4.57 Å². The van der Waals surface area contributed by atoms with Crippen molar-refractivity contribution in [3.63, 3.8) is 0 Å². The molecule has 2 N–H and O–H groups in total. The second-order valence-electron chi connectivity index (χ2n) is 8.05. The zero-order valence-electron chi connectivity index (χ0n) is 17.9.